The topological polar surface area (TPSA) is 21.1 Å². The molecule has 10 heavy (non-hydrogen) atoms. The van der Waals surface area contributed by atoms with Crippen molar-refractivity contribution in [1.82, 2.24) is 0 Å². The third kappa shape index (κ3) is 1.96. The summed E-state index contributed by atoms with van der Waals surface area (Å²) >= 11 is 0. The highest BCUT2D eigenvalue weighted by Gasteiger charge is 2.19. The molecule has 0 radical (unpaired) electrons. The van der Waals surface area contributed by atoms with Crippen LogP contribution in [0.4, 0.5) is 0 Å². The Hall–Kier alpha value is -0.0800. The predicted octanol–water partition coefficient (Wildman–Crippen LogP) is -1.75. The molecule has 3 N–H and O–H groups in total. The van der Waals surface area contributed by atoms with E-state index in [-0.39, 0.29) is 0 Å². The number of piperazine rings is 1. The second-order valence-corrected chi connectivity index (χ2v) is 3.33. The first-order chi connectivity index (χ1) is 4.84. The number of nitrogens with two attached hydrogens (primary N) is 1. The maximum absolute atomic E-state index is 2.42. The zero-order valence-corrected chi connectivity index (χ0v) is 7.19. The van der Waals surface area contributed by atoms with Crippen molar-refractivity contribution in [2.75, 3.05) is 26.2 Å². The second-order valence-electron chi connectivity index (χ2n) is 3.33. The summed E-state index contributed by atoms with van der Waals surface area (Å²) in [6.45, 7) is 10.1. The summed E-state index contributed by atoms with van der Waals surface area (Å²) in [5, 5.41) is 2.42. The van der Waals surface area contributed by atoms with E-state index in [4.69, 9.17) is 0 Å². The van der Waals surface area contributed by atoms with Gasteiger partial charge in [0.05, 0.1) is 6.04 Å². The molecule has 0 amide bonds. The summed E-state index contributed by atoms with van der Waals surface area (Å²) in [4.78, 5) is 1.81. The molecule has 60 valence electrons. The minimum atomic E-state index is 0.883. The van der Waals surface area contributed by atoms with Crippen LogP contribution in [0.25, 0.3) is 0 Å². The average Bonchev–Trinajstić information content (AvgIpc) is 2.05. The van der Waals surface area contributed by atoms with E-state index >= 15 is 0 Å². The zero-order valence-electron chi connectivity index (χ0n) is 7.19. The van der Waals surface area contributed by atoms with Crippen molar-refractivity contribution < 1.29 is 10.2 Å². The molecule has 0 aromatic heterocycles. The zero-order chi connectivity index (χ0) is 7.40. The molecule has 0 saturated carbocycles. The van der Waals surface area contributed by atoms with Crippen LogP contribution in [0.15, 0.2) is 0 Å². The van der Waals surface area contributed by atoms with Crippen molar-refractivity contribution in [3.8, 4) is 0 Å². The number of hydrogen-bond acceptors (Lipinski definition) is 0. The third-order valence-electron chi connectivity index (χ3n) is 2.65. The van der Waals surface area contributed by atoms with Crippen molar-refractivity contribution in [2.24, 2.45) is 0 Å². The lowest BCUT2D eigenvalue weighted by Gasteiger charge is -2.27. The molecular weight excluding hydrogens is 124 g/mol. The van der Waals surface area contributed by atoms with Gasteiger partial charge >= 0.3 is 0 Å². The minimum absolute atomic E-state index is 0.883. The van der Waals surface area contributed by atoms with Gasteiger partial charge in [-0.2, -0.15) is 0 Å². The Morgan fingerprint density at radius 3 is 2.50 bits per heavy atom. The average molecular weight is 144 g/mol. The van der Waals surface area contributed by atoms with Crippen molar-refractivity contribution in [3.63, 3.8) is 0 Å². The van der Waals surface area contributed by atoms with Gasteiger partial charge in [0.1, 0.15) is 26.2 Å². The molecule has 1 atom stereocenters. The van der Waals surface area contributed by atoms with E-state index in [9.17, 15) is 0 Å². The Labute approximate surface area is 63.6 Å². The Kier molecular flexibility index (Phi) is 3.16. The summed E-state index contributed by atoms with van der Waals surface area (Å²) in [6.07, 6.45) is 1.33. The van der Waals surface area contributed by atoms with Gasteiger partial charge in [-0.15, -0.1) is 0 Å². The van der Waals surface area contributed by atoms with Crippen LogP contribution < -0.4 is 10.2 Å². The summed E-state index contributed by atoms with van der Waals surface area (Å²) in [7, 11) is 0. The highest BCUT2D eigenvalue weighted by Crippen LogP contribution is 1.80. The van der Waals surface area contributed by atoms with E-state index in [1.807, 2.05) is 4.90 Å². The van der Waals surface area contributed by atoms with Gasteiger partial charge in [-0.1, -0.05) is 6.92 Å². The largest absolute Gasteiger partial charge is 0.337 e. The highest BCUT2D eigenvalue weighted by molar-refractivity contribution is 4.44. The molecule has 0 aliphatic carbocycles. The van der Waals surface area contributed by atoms with Crippen LogP contribution in [0.5, 0.6) is 0 Å². The number of nitrogens with one attached hydrogen (secondary N) is 1. The molecule has 2 nitrogen and oxygen atoms in total. The van der Waals surface area contributed by atoms with Crippen molar-refractivity contribution in [1.29, 1.82) is 0 Å². The molecule has 0 aromatic rings. The number of rotatable bonds is 2. The smallest absolute Gasteiger partial charge is 0.127 e. The fourth-order valence-corrected chi connectivity index (χ4v) is 1.63. The van der Waals surface area contributed by atoms with Crippen LogP contribution in [0.3, 0.4) is 0 Å². The molecule has 1 fully saturated rings. The van der Waals surface area contributed by atoms with E-state index in [0.29, 0.717) is 0 Å². The van der Waals surface area contributed by atoms with E-state index in [1.165, 1.54) is 32.6 Å². The van der Waals surface area contributed by atoms with Crippen LogP contribution in [0.2, 0.25) is 0 Å². The summed E-state index contributed by atoms with van der Waals surface area (Å²) in [5.74, 6) is 0. The van der Waals surface area contributed by atoms with Crippen LogP contribution in [-0.2, 0) is 0 Å². The molecule has 0 unspecified atom stereocenters. The van der Waals surface area contributed by atoms with E-state index in [1.54, 1.807) is 0 Å². The first-order valence-corrected chi connectivity index (χ1v) is 4.50. The van der Waals surface area contributed by atoms with Gasteiger partial charge in [0, 0.05) is 0 Å². The lowest BCUT2D eigenvalue weighted by molar-refractivity contribution is -0.965. The molecule has 1 rings (SSSR count). The monoisotopic (exact) mass is 144 g/mol. The fourth-order valence-electron chi connectivity index (χ4n) is 1.63. The molecule has 1 aliphatic rings. The molecule has 1 heterocycles. The lowest BCUT2D eigenvalue weighted by atomic mass is 10.2. The van der Waals surface area contributed by atoms with Crippen molar-refractivity contribution in [2.45, 2.75) is 26.3 Å². The van der Waals surface area contributed by atoms with Crippen LogP contribution >= 0.6 is 0 Å². The highest BCUT2D eigenvalue weighted by atomic mass is 15.2. The molecule has 0 aromatic carbocycles. The summed E-state index contributed by atoms with van der Waals surface area (Å²) < 4.78 is 0. The van der Waals surface area contributed by atoms with Gasteiger partial charge in [0.2, 0.25) is 0 Å². The lowest BCUT2D eigenvalue weighted by Crippen LogP contribution is -3.22. The third-order valence-corrected chi connectivity index (χ3v) is 2.65. The molecule has 1 aliphatic heterocycles. The SMILES string of the molecule is CC[C@@H](C)[NH+]1CC[NH2+]CC1. The van der Waals surface area contributed by atoms with E-state index < -0.39 is 0 Å². The van der Waals surface area contributed by atoms with Gasteiger partial charge < -0.3 is 10.2 Å². The standard InChI is InChI=1S/C8H18N2/c1-3-8(2)10-6-4-9-5-7-10/h8-9H,3-7H2,1-2H3/p+2/t8-/m1/s1. The van der Waals surface area contributed by atoms with Crippen molar-refractivity contribution >= 4 is 0 Å². The van der Waals surface area contributed by atoms with Crippen molar-refractivity contribution in [3.05, 3.63) is 0 Å². The Balaban J connectivity index is 2.24. The molecular formula is C8H20N2+2. The van der Waals surface area contributed by atoms with Gasteiger partial charge in [-0.3, -0.25) is 0 Å². The van der Waals surface area contributed by atoms with Crippen LogP contribution in [-0.4, -0.2) is 32.2 Å². The van der Waals surface area contributed by atoms with Gasteiger partial charge in [0.15, 0.2) is 0 Å². The molecule has 0 spiro atoms. The summed E-state index contributed by atoms with van der Waals surface area (Å²) in [6, 6.07) is 0.883. The Bertz CT molecular complexity index is 87.3. The van der Waals surface area contributed by atoms with Gasteiger partial charge in [-0.05, 0) is 13.3 Å². The normalized spacial score (nSPS) is 24.6. The van der Waals surface area contributed by atoms with Gasteiger partial charge in [0.25, 0.3) is 0 Å². The maximum atomic E-state index is 2.42. The van der Waals surface area contributed by atoms with E-state index in [0.717, 1.165) is 6.04 Å². The van der Waals surface area contributed by atoms with Crippen LogP contribution in [0, 0.1) is 0 Å². The Morgan fingerprint density at radius 2 is 2.00 bits per heavy atom. The molecule has 1 saturated heterocycles. The van der Waals surface area contributed by atoms with Gasteiger partial charge in [-0.25, -0.2) is 0 Å². The predicted molar refractivity (Wildman–Crippen MR) is 42.1 cm³/mol. The molecule has 0 bridgehead atoms. The summed E-state index contributed by atoms with van der Waals surface area (Å²) in [5.41, 5.74) is 0. The van der Waals surface area contributed by atoms with E-state index in [2.05, 4.69) is 19.2 Å². The van der Waals surface area contributed by atoms with Crippen LogP contribution in [0.1, 0.15) is 20.3 Å². The maximum Gasteiger partial charge on any atom is 0.127 e. The minimum Gasteiger partial charge on any atom is -0.337 e. The quantitative estimate of drug-likeness (QED) is 0.458. The number of hydrogen-bond donors (Lipinski definition) is 2. The Morgan fingerprint density at radius 1 is 1.40 bits per heavy atom. The first-order valence-electron chi connectivity index (χ1n) is 4.50. The number of quaternary nitrogens is 2. The fraction of sp³-hybridized carbons (Fsp3) is 1.00. The second kappa shape index (κ2) is 3.94. The molecule has 2 heteroatoms. The first kappa shape index (κ1) is 8.02.